The summed E-state index contributed by atoms with van der Waals surface area (Å²) in [5.74, 6) is 1.78. The second-order valence-electron chi connectivity index (χ2n) is 7.41. The van der Waals surface area contributed by atoms with Gasteiger partial charge in [0.1, 0.15) is 0 Å². The Morgan fingerprint density at radius 3 is 2.93 bits per heavy atom. The molecule has 1 aromatic heterocycles. The molecule has 1 amide bonds. The van der Waals surface area contributed by atoms with Crippen molar-refractivity contribution in [1.29, 1.82) is 0 Å². The molecule has 30 heavy (non-hydrogen) atoms. The summed E-state index contributed by atoms with van der Waals surface area (Å²) in [5, 5.41) is 13.6. The highest BCUT2D eigenvalue weighted by Crippen LogP contribution is 2.37. The lowest BCUT2D eigenvalue weighted by Crippen LogP contribution is -2.44. The van der Waals surface area contributed by atoms with E-state index in [0.29, 0.717) is 17.0 Å². The van der Waals surface area contributed by atoms with Gasteiger partial charge in [-0.3, -0.25) is 14.9 Å². The molecule has 3 heterocycles. The third-order valence-electron chi connectivity index (χ3n) is 5.23. The van der Waals surface area contributed by atoms with Crippen LogP contribution in [0.2, 0.25) is 0 Å². The van der Waals surface area contributed by atoms with Crippen molar-refractivity contribution in [3.05, 3.63) is 45.0 Å². The number of carbonyl (C=O) groups excluding carboxylic acids is 1. The third kappa shape index (κ3) is 4.99. The molecule has 160 valence electrons. The predicted octanol–water partition coefficient (Wildman–Crippen LogP) is 4.64. The molecule has 0 saturated carbocycles. The lowest BCUT2D eigenvalue weighted by atomic mass is 10.1. The van der Waals surface area contributed by atoms with Crippen molar-refractivity contribution in [3.63, 3.8) is 0 Å². The van der Waals surface area contributed by atoms with E-state index in [1.54, 1.807) is 12.1 Å². The Labute approximate surface area is 187 Å². The van der Waals surface area contributed by atoms with E-state index in [9.17, 15) is 14.9 Å². The summed E-state index contributed by atoms with van der Waals surface area (Å²) in [5.41, 5.74) is 1.18. The molecular formula is C20H23N3O4S3. The number of hydrogen-bond acceptors (Lipinski definition) is 8. The third-order valence-corrected chi connectivity index (χ3v) is 8.50. The highest BCUT2D eigenvalue weighted by atomic mass is 32.2. The Bertz CT molecular complexity index is 924. The maximum atomic E-state index is 13.4. The lowest BCUT2D eigenvalue weighted by Gasteiger charge is -2.31. The number of amides is 1. The fourth-order valence-electron chi connectivity index (χ4n) is 3.69. The summed E-state index contributed by atoms with van der Waals surface area (Å²) in [4.78, 5) is 31.4. The number of carbonyl (C=O) groups is 1. The largest absolute Gasteiger partial charge is 0.376 e. The summed E-state index contributed by atoms with van der Waals surface area (Å²) in [6.45, 7) is 3.17. The standard InChI is InChI=1S/C20H23N3O4S3/c1-13-11-29-20(21-13)30-18-5-4-14(9-17(18)23(25)26)19(24)22(15-6-8-28-12-15)10-16-3-2-7-27-16/h4-5,9,11,15-16H,2-3,6-8,10,12H2,1H3. The van der Waals surface area contributed by atoms with Crippen molar-refractivity contribution in [2.45, 2.75) is 47.6 Å². The minimum atomic E-state index is -0.421. The summed E-state index contributed by atoms with van der Waals surface area (Å²) < 4.78 is 6.51. The number of hydrogen-bond donors (Lipinski definition) is 0. The van der Waals surface area contributed by atoms with Crippen LogP contribution in [0.1, 0.15) is 35.3 Å². The van der Waals surface area contributed by atoms with Gasteiger partial charge in [0.15, 0.2) is 4.34 Å². The van der Waals surface area contributed by atoms with Crippen LogP contribution in [0.25, 0.3) is 0 Å². The topological polar surface area (TPSA) is 85.6 Å². The van der Waals surface area contributed by atoms with Crippen molar-refractivity contribution in [2.24, 2.45) is 0 Å². The van der Waals surface area contributed by atoms with Gasteiger partial charge in [0, 0.05) is 47.7 Å². The fraction of sp³-hybridized carbons (Fsp3) is 0.500. The Kier molecular flexibility index (Phi) is 6.97. The molecule has 2 saturated heterocycles. The summed E-state index contributed by atoms with van der Waals surface area (Å²) >= 11 is 4.56. The zero-order valence-corrected chi connectivity index (χ0v) is 19.1. The Morgan fingerprint density at radius 2 is 2.30 bits per heavy atom. The van der Waals surface area contributed by atoms with Crippen molar-refractivity contribution >= 4 is 46.5 Å². The number of nitro groups is 1. The van der Waals surface area contributed by atoms with Crippen molar-refractivity contribution in [3.8, 4) is 0 Å². The first-order valence-electron chi connectivity index (χ1n) is 9.90. The lowest BCUT2D eigenvalue weighted by molar-refractivity contribution is -0.387. The van der Waals surface area contributed by atoms with Crippen molar-refractivity contribution in [1.82, 2.24) is 9.88 Å². The predicted molar refractivity (Wildman–Crippen MR) is 120 cm³/mol. The Morgan fingerprint density at radius 1 is 1.43 bits per heavy atom. The van der Waals surface area contributed by atoms with Gasteiger partial charge < -0.3 is 9.64 Å². The van der Waals surface area contributed by atoms with E-state index in [-0.39, 0.29) is 23.7 Å². The molecule has 0 N–H and O–H groups in total. The smallest absolute Gasteiger partial charge is 0.284 e. The molecule has 0 bridgehead atoms. The van der Waals surface area contributed by atoms with Gasteiger partial charge in [0.05, 0.1) is 15.9 Å². The van der Waals surface area contributed by atoms with Crippen LogP contribution in [0.15, 0.2) is 32.8 Å². The summed E-state index contributed by atoms with van der Waals surface area (Å²) in [7, 11) is 0. The first-order valence-corrected chi connectivity index (χ1v) is 12.7. The minimum absolute atomic E-state index is 0.0532. The van der Waals surface area contributed by atoms with E-state index >= 15 is 0 Å². The zero-order valence-electron chi connectivity index (χ0n) is 16.6. The summed E-state index contributed by atoms with van der Waals surface area (Å²) in [6.07, 6.45) is 2.96. The van der Waals surface area contributed by atoms with Crippen LogP contribution in [0.3, 0.4) is 0 Å². The van der Waals surface area contributed by atoms with E-state index in [0.717, 1.165) is 47.4 Å². The summed E-state index contributed by atoms with van der Waals surface area (Å²) in [6, 6.07) is 4.93. The van der Waals surface area contributed by atoms with E-state index in [4.69, 9.17) is 4.74 Å². The number of rotatable bonds is 7. The first kappa shape index (κ1) is 21.6. The van der Waals surface area contributed by atoms with E-state index < -0.39 is 4.92 Å². The van der Waals surface area contributed by atoms with Gasteiger partial charge in [-0.05, 0) is 44.1 Å². The fourth-order valence-corrected chi connectivity index (χ4v) is 6.79. The number of thiazole rings is 1. The van der Waals surface area contributed by atoms with Gasteiger partial charge >= 0.3 is 0 Å². The molecule has 10 heteroatoms. The number of nitro benzene ring substituents is 1. The van der Waals surface area contributed by atoms with Crippen molar-refractivity contribution in [2.75, 3.05) is 24.7 Å². The second-order valence-corrected chi connectivity index (χ2v) is 10.7. The first-order chi connectivity index (χ1) is 14.5. The monoisotopic (exact) mass is 465 g/mol. The number of ether oxygens (including phenoxy) is 1. The average Bonchev–Trinajstić information content (AvgIpc) is 3.49. The number of aromatic nitrogens is 1. The van der Waals surface area contributed by atoms with Crippen molar-refractivity contribution < 1.29 is 14.5 Å². The molecule has 2 aromatic rings. The molecule has 2 fully saturated rings. The normalized spacial score (nSPS) is 21.1. The van der Waals surface area contributed by atoms with Gasteiger partial charge in [0.25, 0.3) is 11.6 Å². The highest BCUT2D eigenvalue weighted by Gasteiger charge is 2.32. The molecule has 0 radical (unpaired) electrons. The van der Waals surface area contributed by atoms with Gasteiger partial charge in [-0.1, -0.05) is 11.8 Å². The van der Waals surface area contributed by atoms with Crippen LogP contribution < -0.4 is 0 Å². The van der Waals surface area contributed by atoms with E-state index in [1.807, 2.05) is 29.0 Å². The molecule has 2 aliphatic rings. The van der Waals surface area contributed by atoms with Gasteiger partial charge in [-0.2, -0.15) is 11.8 Å². The number of benzene rings is 1. The van der Waals surface area contributed by atoms with Crippen LogP contribution in [-0.4, -0.2) is 57.5 Å². The van der Waals surface area contributed by atoms with Gasteiger partial charge in [-0.25, -0.2) is 4.98 Å². The van der Waals surface area contributed by atoms with E-state index in [2.05, 4.69) is 4.98 Å². The van der Waals surface area contributed by atoms with Crippen LogP contribution >= 0.6 is 34.9 Å². The molecule has 7 nitrogen and oxygen atoms in total. The van der Waals surface area contributed by atoms with Gasteiger partial charge in [0.2, 0.25) is 0 Å². The number of aryl methyl sites for hydroxylation is 1. The molecule has 0 spiro atoms. The molecule has 4 rings (SSSR count). The van der Waals surface area contributed by atoms with E-state index in [1.165, 1.54) is 29.2 Å². The SMILES string of the molecule is Cc1csc(Sc2ccc(C(=O)N(CC3CCCO3)C3CCSC3)cc2[N+](=O)[O-])n1. The Balaban J connectivity index is 1.59. The Hall–Kier alpha value is -1.62. The van der Waals surface area contributed by atoms with Crippen LogP contribution in [0, 0.1) is 17.0 Å². The number of nitrogens with zero attached hydrogens (tertiary/aromatic N) is 3. The molecule has 2 aliphatic heterocycles. The van der Waals surface area contributed by atoms with Crippen LogP contribution in [-0.2, 0) is 4.74 Å². The molecule has 1 aromatic carbocycles. The second kappa shape index (κ2) is 9.67. The molecule has 0 aliphatic carbocycles. The molecule has 2 atom stereocenters. The minimum Gasteiger partial charge on any atom is -0.376 e. The maximum Gasteiger partial charge on any atom is 0.284 e. The molecular weight excluding hydrogens is 442 g/mol. The molecule has 2 unspecified atom stereocenters. The quantitative estimate of drug-likeness (QED) is 0.435. The van der Waals surface area contributed by atoms with Crippen LogP contribution in [0.5, 0.6) is 0 Å². The highest BCUT2D eigenvalue weighted by molar-refractivity contribution is 8.01. The van der Waals surface area contributed by atoms with Crippen LogP contribution in [0.4, 0.5) is 5.69 Å². The number of thioether (sulfide) groups is 1. The van der Waals surface area contributed by atoms with Gasteiger partial charge in [-0.15, -0.1) is 11.3 Å². The maximum absolute atomic E-state index is 13.4. The average molecular weight is 466 g/mol. The zero-order chi connectivity index (χ0) is 21.1.